The van der Waals surface area contributed by atoms with Crippen LogP contribution >= 0.6 is 0 Å². The van der Waals surface area contributed by atoms with E-state index in [1.54, 1.807) is 12.4 Å². The highest BCUT2D eigenvalue weighted by Crippen LogP contribution is 2.07. The van der Waals surface area contributed by atoms with Gasteiger partial charge in [-0.1, -0.05) is 85.7 Å². The molecule has 2 amide bonds. The summed E-state index contributed by atoms with van der Waals surface area (Å²) in [7, 11) is 0. The summed E-state index contributed by atoms with van der Waals surface area (Å²) in [5.41, 5.74) is 9.21. The summed E-state index contributed by atoms with van der Waals surface area (Å²) in [5.74, 6) is -0.204. The Morgan fingerprint density at radius 2 is 1.03 bits per heavy atom. The highest BCUT2D eigenvalue weighted by molar-refractivity contribution is 5.86. The van der Waals surface area contributed by atoms with Crippen molar-refractivity contribution in [2.24, 2.45) is 10.2 Å². The molecule has 0 saturated carbocycles. The van der Waals surface area contributed by atoms with Crippen LogP contribution in [0.4, 0.5) is 0 Å². The van der Waals surface area contributed by atoms with Crippen molar-refractivity contribution >= 4 is 36.4 Å². The number of carbonyl (C=O) groups excluding carboxylic acids is 2. The van der Waals surface area contributed by atoms with Crippen molar-refractivity contribution in [3.05, 3.63) is 82.9 Å². The fourth-order valence-corrected chi connectivity index (χ4v) is 3.15. The third kappa shape index (κ3) is 12.3. The van der Waals surface area contributed by atoms with Gasteiger partial charge in [-0.2, -0.15) is 10.2 Å². The zero-order valence-electron chi connectivity index (χ0n) is 20.0. The molecule has 0 aliphatic carbocycles. The summed E-state index contributed by atoms with van der Waals surface area (Å²) in [4.78, 5) is 23.8. The maximum atomic E-state index is 11.9. The van der Waals surface area contributed by atoms with Gasteiger partial charge < -0.3 is 0 Å². The molecule has 0 radical (unpaired) electrons. The Morgan fingerprint density at radius 1 is 0.647 bits per heavy atom. The molecule has 0 bridgehead atoms. The van der Waals surface area contributed by atoms with E-state index in [0.29, 0.717) is 12.8 Å². The first-order valence-corrected chi connectivity index (χ1v) is 11.6. The van der Waals surface area contributed by atoms with Crippen LogP contribution in [0.15, 0.2) is 82.0 Å². The van der Waals surface area contributed by atoms with Crippen LogP contribution < -0.4 is 10.9 Å². The Balaban J connectivity index is 1.52. The van der Waals surface area contributed by atoms with Crippen LogP contribution in [0.25, 0.3) is 12.2 Å². The third-order valence-electron chi connectivity index (χ3n) is 4.86. The molecular weight excluding hydrogens is 424 g/mol. The van der Waals surface area contributed by atoms with Gasteiger partial charge in [0.25, 0.3) is 0 Å². The standard InChI is InChI=1S/C28H34N4O2/c1-23(19-25-13-7-5-8-14-25)21-29-31-27(33)17-11-3-4-12-18-28(34)32-30-22-24(2)20-26-15-9-6-10-16-26/h5-10,13-16,19-22H,3-4,11-12,17-18H2,1-2H3,(H,31,33)(H,32,34)/b23-19+,24-20+,29-21+,30-22+. The molecule has 2 N–H and O–H groups in total. The molecule has 34 heavy (non-hydrogen) atoms. The minimum Gasteiger partial charge on any atom is -0.273 e. The molecule has 2 rings (SSSR count). The molecule has 0 heterocycles. The van der Waals surface area contributed by atoms with Gasteiger partial charge in [0.1, 0.15) is 0 Å². The summed E-state index contributed by atoms with van der Waals surface area (Å²) in [6.07, 6.45) is 11.4. The Hall–Kier alpha value is -3.80. The Labute approximate surface area is 202 Å². The highest BCUT2D eigenvalue weighted by Gasteiger charge is 2.02. The first-order valence-electron chi connectivity index (χ1n) is 11.6. The monoisotopic (exact) mass is 458 g/mol. The second-order valence-electron chi connectivity index (χ2n) is 8.10. The molecular formula is C28H34N4O2. The van der Waals surface area contributed by atoms with E-state index in [0.717, 1.165) is 48.0 Å². The first kappa shape index (κ1) is 26.5. The molecule has 0 spiro atoms. The molecule has 0 aromatic heterocycles. The smallest absolute Gasteiger partial charge is 0.240 e. The summed E-state index contributed by atoms with van der Waals surface area (Å²) >= 11 is 0. The van der Waals surface area contributed by atoms with Gasteiger partial charge >= 0.3 is 0 Å². The number of benzene rings is 2. The summed E-state index contributed by atoms with van der Waals surface area (Å²) in [5, 5.41) is 8.01. The van der Waals surface area contributed by atoms with Crippen LogP contribution in [0.1, 0.15) is 63.5 Å². The van der Waals surface area contributed by atoms with Gasteiger partial charge in [-0.15, -0.1) is 0 Å². The Bertz CT molecular complexity index is 926. The van der Waals surface area contributed by atoms with Gasteiger partial charge in [-0.05, 0) is 49.0 Å². The number of hydrogen-bond donors (Lipinski definition) is 2. The quantitative estimate of drug-likeness (QED) is 0.228. The van der Waals surface area contributed by atoms with E-state index in [1.165, 1.54) is 0 Å². The van der Waals surface area contributed by atoms with Gasteiger partial charge in [-0.25, -0.2) is 10.9 Å². The average Bonchev–Trinajstić information content (AvgIpc) is 2.82. The lowest BCUT2D eigenvalue weighted by Gasteiger charge is -2.02. The molecule has 0 fully saturated rings. The van der Waals surface area contributed by atoms with Gasteiger partial charge in [-0.3, -0.25) is 9.59 Å². The van der Waals surface area contributed by atoms with Crippen LogP contribution in [-0.2, 0) is 9.59 Å². The van der Waals surface area contributed by atoms with Crippen LogP contribution in [-0.4, -0.2) is 24.2 Å². The topological polar surface area (TPSA) is 82.9 Å². The van der Waals surface area contributed by atoms with Gasteiger partial charge in [0.2, 0.25) is 11.8 Å². The van der Waals surface area contributed by atoms with Crippen LogP contribution in [0.5, 0.6) is 0 Å². The number of hydrogen-bond acceptors (Lipinski definition) is 4. The lowest BCUT2D eigenvalue weighted by Crippen LogP contribution is -2.17. The number of nitrogens with zero attached hydrogens (tertiary/aromatic N) is 2. The summed E-state index contributed by atoms with van der Waals surface area (Å²) in [6.45, 7) is 3.87. The van der Waals surface area contributed by atoms with Crippen molar-refractivity contribution in [1.82, 2.24) is 10.9 Å². The number of hydrazone groups is 2. The SMILES string of the molecule is CC(/C=N/NC(=O)CCCCCCC(=O)N/N=C/C(C)=C/c1ccccc1)=C\c1ccccc1. The molecule has 0 atom stereocenters. The number of nitrogens with one attached hydrogen (secondary N) is 2. The van der Waals surface area contributed by atoms with Crippen molar-refractivity contribution < 1.29 is 9.59 Å². The molecule has 6 nitrogen and oxygen atoms in total. The normalized spacial score (nSPS) is 12.3. The maximum Gasteiger partial charge on any atom is 0.240 e. The highest BCUT2D eigenvalue weighted by atomic mass is 16.2. The number of carbonyl (C=O) groups is 2. The number of allylic oxidation sites excluding steroid dienone is 2. The Kier molecular flexibility index (Phi) is 12.4. The molecule has 0 aliphatic rings. The second kappa shape index (κ2) is 15.9. The maximum absolute atomic E-state index is 11.9. The van der Waals surface area contributed by atoms with Crippen LogP contribution in [0, 0.1) is 0 Å². The van der Waals surface area contributed by atoms with E-state index < -0.39 is 0 Å². The van der Waals surface area contributed by atoms with Crippen molar-refractivity contribution in [1.29, 1.82) is 0 Å². The second-order valence-corrected chi connectivity index (χ2v) is 8.10. The predicted octanol–water partition coefficient (Wildman–Crippen LogP) is 5.74. The lowest BCUT2D eigenvalue weighted by molar-refractivity contribution is -0.122. The number of unbranched alkanes of at least 4 members (excludes halogenated alkanes) is 3. The van der Waals surface area contributed by atoms with Crippen molar-refractivity contribution in [2.45, 2.75) is 52.4 Å². The molecule has 2 aromatic rings. The third-order valence-corrected chi connectivity index (χ3v) is 4.86. The molecule has 0 unspecified atom stereocenters. The summed E-state index contributed by atoms with van der Waals surface area (Å²) < 4.78 is 0. The lowest BCUT2D eigenvalue weighted by atomic mass is 10.1. The van der Waals surface area contributed by atoms with E-state index in [1.807, 2.05) is 86.7 Å². The molecule has 178 valence electrons. The first-order chi connectivity index (χ1) is 16.5. The van der Waals surface area contributed by atoms with Crippen molar-refractivity contribution in [3.63, 3.8) is 0 Å². The fraction of sp³-hybridized carbons (Fsp3) is 0.286. The molecule has 0 saturated heterocycles. The van der Waals surface area contributed by atoms with E-state index in [4.69, 9.17) is 0 Å². The predicted molar refractivity (Wildman–Crippen MR) is 141 cm³/mol. The van der Waals surface area contributed by atoms with Crippen LogP contribution in [0.3, 0.4) is 0 Å². The largest absolute Gasteiger partial charge is 0.273 e. The summed E-state index contributed by atoms with van der Waals surface area (Å²) in [6, 6.07) is 19.9. The fourth-order valence-electron chi connectivity index (χ4n) is 3.15. The van der Waals surface area contributed by atoms with E-state index in [2.05, 4.69) is 21.1 Å². The minimum atomic E-state index is -0.102. The van der Waals surface area contributed by atoms with E-state index in [9.17, 15) is 9.59 Å². The van der Waals surface area contributed by atoms with Crippen molar-refractivity contribution in [3.8, 4) is 0 Å². The minimum absolute atomic E-state index is 0.102. The molecule has 2 aromatic carbocycles. The van der Waals surface area contributed by atoms with E-state index >= 15 is 0 Å². The van der Waals surface area contributed by atoms with Gasteiger partial charge in [0.05, 0.1) is 12.4 Å². The average molecular weight is 459 g/mol. The molecule has 6 heteroatoms. The van der Waals surface area contributed by atoms with E-state index in [-0.39, 0.29) is 11.8 Å². The zero-order valence-corrected chi connectivity index (χ0v) is 20.0. The zero-order chi connectivity index (χ0) is 24.4. The van der Waals surface area contributed by atoms with Gasteiger partial charge in [0.15, 0.2) is 0 Å². The number of amides is 2. The molecule has 0 aliphatic heterocycles. The van der Waals surface area contributed by atoms with Gasteiger partial charge in [0, 0.05) is 12.8 Å². The van der Waals surface area contributed by atoms with Crippen LogP contribution in [0.2, 0.25) is 0 Å². The Morgan fingerprint density at radius 3 is 1.41 bits per heavy atom. The van der Waals surface area contributed by atoms with Crippen molar-refractivity contribution in [2.75, 3.05) is 0 Å². The number of rotatable bonds is 13.